The van der Waals surface area contributed by atoms with Crippen molar-refractivity contribution in [1.29, 1.82) is 0 Å². The van der Waals surface area contributed by atoms with E-state index in [2.05, 4.69) is 31.3 Å². The van der Waals surface area contributed by atoms with Crippen molar-refractivity contribution in [2.45, 2.75) is 58.0 Å². The summed E-state index contributed by atoms with van der Waals surface area (Å²) in [6, 6.07) is 8.68. The fourth-order valence-electron chi connectivity index (χ4n) is 4.48. The smallest absolute Gasteiger partial charge is 0.223 e. The van der Waals surface area contributed by atoms with Gasteiger partial charge >= 0.3 is 0 Å². The van der Waals surface area contributed by atoms with Gasteiger partial charge in [-0.15, -0.1) is 0 Å². The lowest BCUT2D eigenvalue weighted by molar-refractivity contribution is -0.128. The molecule has 22 heavy (non-hydrogen) atoms. The normalized spacial score (nSPS) is 32.3. The van der Waals surface area contributed by atoms with E-state index in [0.717, 1.165) is 12.8 Å². The summed E-state index contributed by atoms with van der Waals surface area (Å²) in [5.41, 5.74) is 8.77. The molecule has 0 radical (unpaired) electrons. The molecular weight excluding hydrogens is 272 g/mol. The Morgan fingerprint density at radius 3 is 2.50 bits per heavy atom. The summed E-state index contributed by atoms with van der Waals surface area (Å²) in [6.45, 7) is 4.18. The Kier molecular flexibility index (Phi) is 4.53. The number of carbonyl (C=O) groups excluding carboxylic acids is 1. The maximum Gasteiger partial charge on any atom is 0.223 e. The van der Waals surface area contributed by atoms with Crippen LogP contribution >= 0.6 is 0 Å². The fourth-order valence-corrected chi connectivity index (χ4v) is 4.48. The number of fused-ring (bicyclic) bond motifs is 2. The highest BCUT2D eigenvalue weighted by Gasteiger charge is 2.40. The van der Waals surface area contributed by atoms with Gasteiger partial charge in [-0.1, -0.05) is 30.7 Å². The van der Waals surface area contributed by atoms with Gasteiger partial charge in [-0.25, -0.2) is 0 Å². The lowest BCUT2D eigenvalue weighted by Gasteiger charge is -2.43. The van der Waals surface area contributed by atoms with Gasteiger partial charge in [0, 0.05) is 12.0 Å². The van der Waals surface area contributed by atoms with Crippen molar-refractivity contribution in [1.82, 2.24) is 5.32 Å². The van der Waals surface area contributed by atoms with E-state index in [1.165, 1.54) is 30.4 Å². The van der Waals surface area contributed by atoms with Crippen LogP contribution in [-0.4, -0.2) is 11.9 Å². The molecule has 2 aliphatic rings. The van der Waals surface area contributed by atoms with Crippen LogP contribution in [0.15, 0.2) is 24.3 Å². The topological polar surface area (TPSA) is 55.1 Å². The molecule has 1 aromatic rings. The first-order valence-corrected chi connectivity index (χ1v) is 8.67. The highest BCUT2D eigenvalue weighted by Crippen LogP contribution is 2.42. The standard InChI is InChI=1S/C19H28N2O/c1-12-6-3-4-9-17(12)13(2)21-19(22)16-10-14-7-5-8-15(11-16)18(14)20/h3-4,6,9,13-16,18H,5,7-8,10-11,20H2,1-2H3,(H,21,22). The molecule has 1 aromatic carbocycles. The van der Waals surface area contributed by atoms with E-state index in [4.69, 9.17) is 5.73 Å². The molecule has 0 aliphatic heterocycles. The number of nitrogens with two attached hydrogens (primary N) is 1. The van der Waals surface area contributed by atoms with Gasteiger partial charge in [0.2, 0.25) is 5.91 Å². The van der Waals surface area contributed by atoms with Gasteiger partial charge in [0.05, 0.1) is 6.04 Å². The Labute approximate surface area is 133 Å². The van der Waals surface area contributed by atoms with Crippen LogP contribution < -0.4 is 11.1 Å². The van der Waals surface area contributed by atoms with Crippen molar-refractivity contribution >= 4 is 5.91 Å². The van der Waals surface area contributed by atoms with Crippen molar-refractivity contribution in [3.05, 3.63) is 35.4 Å². The Morgan fingerprint density at radius 2 is 1.86 bits per heavy atom. The first kappa shape index (κ1) is 15.5. The van der Waals surface area contributed by atoms with E-state index in [1.54, 1.807) is 0 Å². The summed E-state index contributed by atoms with van der Waals surface area (Å²) >= 11 is 0. The Morgan fingerprint density at radius 1 is 1.23 bits per heavy atom. The number of hydrogen-bond acceptors (Lipinski definition) is 2. The molecule has 0 saturated heterocycles. The SMILES string of the molecule is Cc1ccccc1C(C)NC(=O)C1CC2CCCC(C1)C2N. The van der Waals surface area contributed by atoms with Crippen LogP contribution in [0.4, 0.5) is 0 Å². The van der Waals surface area contributed by atoms with Crippen molar-refractivity contribution in [3.8, 4) is 0 Å². The summed E-state index contributed by atoms with van der Waals surface area (Å²) in [4.78, 5) is 12.7. The van der Waals surface area contributed by atoms with E-state index in [0.29, 0.717) is 17.9 Å². The minimum absolute atomic E-state index is 0.0733. The number of nitrogens with one attached hydrogen (secondary N) is 1. The molecule has 0 heterocycles. The minimum atomic E-state index is 0.0733. The second-order valence-electron chi connectivity index (χ2n) is 7.28. The summed E-state index contributed by atoms with van der Waals surface area (Å²) < 4.78 is 0. The lowest BCUT2D eigenvalue weighted by Crippen LogP contribution is -2.49. The predicted molar refractivity (Wildman–Crippen MR) is 89.3 cm³/mol. The average Bonchev–Trinajstić information content (AvgIpc) is 2.47. The number of benzene rings is 1. The highest BCUT2D eigenvalue weighted by atomic mass is 16.1. The van der Waals surface area contributed by atoms with Gasteiger partial charge in [-0.2, -0.15) is 0 Å². The van der Waals surface area contributed by atoms with Crippen LogP contribution in [-0.2, 0) is 4.79 Å². The third kappa shape index (κ3) is 3.05. The fraction of sp³-hybridized carbons (Fsp3) is 0.632. The van der Waals surface area contributed by atoms with Crippen LogP contribution in [0.25, 0.3) is 0 Å². The second kappa shape index (κ2) is 6.41. The van der Waals surface area contributed by atoms with Crippen LogP contribution in [0.1, 0.15) is 56.2 Å². The Bertz CT molecular complexity index is 528. The van der Waals surface area contributed by atoms with E-state index < -0.39 is 0 Å². The molecule has 120 valence electrons. The first-order valence-electron chi connectivity index (χ1n) is 8.67. The van der Waals surface area contributed by atoms with Gasteiger partial charge in [-0.05, 0) is 62.5 Å². The molecule has 3 nitrogen and oxygen atoms in total. The van der Waals surface area contributed by atoms with Gasteiger partial charge in [0.25, 0.3) is 0 Å². The van der Waals surface area contributed by atoms with Crippen LogP contribution in [0, 0.1) is 24.7 Å². The average molecular weight is 300 g/mol. The molecule has 1 amide bonds. The molecule has 2 bridgehead atoms. The highest BCUT2D eigenvalue weighted by molar-refractivity contribution is 5.79. The van der Waals surface area contributed by atoms with E-state index in [9.17, 15) is 4.79 Å². The second-order valence-corrected chi connectivity index (χ2v) is 7.28. The summed E-state index contributed by atoms with van der Waals surface area (Å²) in [6.07, 6.45) is 5.65. The van der Waals surface area contributed by atoms with E-state index in [1.807, 2.05) is 12.1 Å². The Hall–Kier alpha value is -1.35. The van der Waals surface area contributed by atoms with E-state index >= 15 is 0 Å². The van der Waals surface area contributed by atoms with Crippen molar-refractivity contribution in [2.75, 3.05) is 0 Å². The predicted octanol–water partition coefficient (Wildman–Crippen LogP) is 3.33. The molecule has 0 spiro atoms. The number of carbonyl (C=O) groups is 1. The zero-order valence-electron chi connectivity index (χ0n) is 13.7. The van der Waals surface area contributed by atoms with Gasteiger partial charge in [0.1, 0.15) is 0 Å². The van der Waals surface area contributed by atoms with Gasteiger partial charge in [0.15, 0.2) is 0 Å². The van der Waals surface area contributed by atoms with Crippen molar-refractivity contribution in [2.24, 2.45) is 23.5 Å². The molecule has 3 rings (SSSR count). The van der Waals surface area contributed by atoms with Gasteiger partial charge in [-0.3, -0.25) is 4.79 Å². The number of aryl methyl sites for hydroxylation is 1. The number of hydrogen-bond donors (Lipinski definition) is 2. The minimum Gasteiger partial charge on any atom is -0.349 e. The molecule has 2 saturated carbocycles. The third-order valence-corrected chi connectivity index (χ3v) is 5.80. The lowest BCUT2D eigenvalue weighted by atomic mass is 9.65. The molecule has 2 aliphatic carbocycles. The molecular formula is C19H28N2O. The zero-order chi connectivity index (χ0) is 15.7. The summed E-state index contributed by atoms with van der Waals surface area (Å²) in [5, 5.41) is 3.23. The first-order chi connectivity index (χ1) is 10.6. The molecule has 3 atom stereocenters. The third-order valence-electron chi connectivity index (χ3n) is 5.80. The zero-order valence-corrected chi connectivity index (χ0v) is 13.7. The van der Waals surface area contributed by atoms with Crippen LogP contribution in [0.2, 0.25) is 0 Å². The molecule has 3 N–H and O–H groups in total. The molecule has 0 aromatic heterocycles. The Balaban J connectivity index is 1.64. The van der Waals surface area contributed by atoms with Crippen LogP contribution in [0.5, 0.6) is 0 Å². The monoisotopic (exact) mass is 300 g/mol. The summed E-state index contributed by atoms with van der Waals surface area (Å²) in [7, 11) is 0. The van der Waals surface area contributed by atoms with Crippen molar-refractivity contribution in [3.63, 3.8) is 0 Å². The largest absolute Gasteiger partial charge is 0.349 e. The molecule has 3 heteroatoms. The maximum atomic E-state index is 12.7. The maximum absolute atomic E-state index is 12.7. The van der Waals surface area contributed by atoms with E-state index in [-0.39, 0.29) is 17.9 Å². The quantitative estimate of drug-likeness (QED) is 0.899. The summed E-state index contributed by atoms with van der Waals surface area (Å²) in [5.74, 6) is 1.48. The van der Waals surface area contributed by atoms with Gasteiger partial charge < -0.3 is 11.1 Å². The van der Waals surface area contributed by atoms with Crippen molar-refractivity contribution < 1.29 is 4.79 Å². The van der Waals surface area contributed by atoms with Crippen LogP contribution in [0.3, 0.4) is 0 Å². The number of rotatable bonds is 3. The molecule has 3 unspecified atom stereocenters. The molecule has 2 fully saturated rings. The number of amides is 1.